The molecule has 0 saturated carbocycles. The van der Waals surface area contributed by atoms with Gasteiger partial charge in [0.15, 0.2) is 0 Å². The predicted octanol–water partition coefficient (Wildman–Crippen LogP) is -6.03. The zero-order chi connectivity index (χ0) is 31.9. The molecule has 0 spiro atoms. The van der Waals surface area contributed by atoms with Crippen LogP contribution in [0.25, 0.3) is 0 Å². The molecule has 0 bridgehead atoms. The molecule has 4 amide bonds. The molecule has 232 valence electrons. The molecule has 0 aromatic rings. The maximum atomic E-state index is 12.8. The van der Waals surface area contributed by atoms with Crippen LogP contribution in [0.3, 0.4) is 0 Å². The van der Waals surface area contributed by atoms with E-state index >= 15 is 0 Å². The van der Waals surface area contributed by atoms with Gasteiger partial charge in [0, 0.05) is 0 Å². The predicted molar refractivity (Wildman–Crippen MR) is 136 cm³/mol. The van der Waals surface area contributed by atoms with Gasteiger partial charge in [-0.1, -0.05) is 0 Å². The molecule has 0 unspecified atom stereocenters. The molecular formula is C20H36N8O12Sn. The van der Waals surface area contributed by atoms with E-state index in [2.05, 4.69) is 0 Å². The fraction of sp³-hybridized carbons (Fsp3) is 0.600. The molecule has 0 saturated heterocycles. The van der Waals surface area contributed by atoms with Crippen LogP contribution in [0.1, 0.15) is 51.4 Å². The summed E-state index contributed by atoms with van der Waals surface area (Å²) in [5.41, 5.74) is 42.9. The Balaban J connectivity index is 6.46. The molecule has 0 aliphatic carbocycles. The summed E-state index contributed by atoms with van der Waals surface area (Å²) in [5, 5.41) is 0. The van der Waals surface area contributed by atoms with Gasteiger partial charge in [-0.3, -0.25) is 0 Å². The van der Waals surface area contributed by atoms with Crippen LogP contribution in [0.15, 0.2) is 0 Å². The molecule has 0 aromatic heterocycles. The molecular weight excluding hydrogens is 663 g/mol. The van der Waals surface area contributed by atoms with Gasteiger partial charge in [0.25, 0.3) is 0 Å². The minimum absolute atomic E-state index is 0.389. The van der Waals surface area contributed by atoms with E-state index in [9.17, 15) is 38.4 Å². The molecule has 20 nitrogen and oxygen atoms in total. The first-order chi connectivity index (χ1) is 18.9. The van der Waals surface area contributed by atoms with Crippen LogP contribution in [-0.2, 0) is 50.7 Å². The van der Waals surface area contributed by atoms with Crippen LogP contribution in [0.2, 0.25) is 0 Å². The van der Waals surface area contributed by atoms with Crippen LogP contribution in [0.5, 0.6) is 0 Å². The first-order valence-corrected chi connectivity index (χ1v) is 16.6. The molecule has 0 rings (SSSR count). The third kappa shape index (κ3) is 15.7. The topological polar surface area (TPSA) is 382 Å². The average molecular weight is 699 g/mol. The van der Waals surface area contributed by atoms with E-state index in [1.807, 2.05) is 0 Å². The molecule has 4 atom stereocenters. The summed E-state index contributed by atoms with van der Waals surface area (Å²) in [5.74, 6) is -9.20. The molecule has 0 aliphatic rings. The normalized spacial score (nSPS) is 14.0. The summed E-state index contributed by atoms with van der Waals surface area (Å²) in [6.07, 6.45) is -3.14. The Morgan fingerprint density at radius 2 is 0.585 bits per heavy atom. The van der Waals surface area contributed by atoms with Gasteiger partial charge >= 0.3 is 240 Å². The molecule has 0 heterocycles. The standard InChI is InChI=1S/4C5H10N2O3.Sn/c4*6-3(5(9)10)1-2-4(7)8;/h4*3H,1-2,6H2,(H2,7,8)(H,9,10);/q;;;;+4/p-4/t4*3-;/m0000./s1. The monoisotopic (exact) mass is 700 g/mol. The van der Waals surface area contributed by atoms with E-state index in [-0.39, 0.29) is 25.7 Å². The van der Waals surface area contributed by atoms with Gasteiger partial charge in [0.1, 0.15) is 0 Å². The number of hydrogen-bond donors (Lipinski definition) is 8. The van der Waals surface area contributed by atoms with Crippen LogP contribution in [0, 0.1) is 0 Å². The van der Waals surface area contributed by atoms with Gasteiger partial charge in [-0.25, -0.2) is 0 Å². The Labute approximate surface area is 239 Å². The van der Waals surface area contributed by atoms with Crippen molar-refractivity contribution < 1.29 is 50.7 Å². The summed E-state index contributed by atoms with van der Waals surface area (Å²) in [6.45, 7) is 0. The van der Waals surface area contributed by atoms with Crippen molar-refractivity contribution in [3.05, 3.63) is 0 Å². The number of carbonyl (C=O) groups is 8. The number of carbonyl (C=O) groups excluding carboxylic acids is 8. The number of primary amides is 4. The zero-order valence-corrected chi connectivity index (χ0v) is 24.8. The van der Waals surface area contributed by atoms with E-state index in [1.165, 1.54) is 0 Å². The summed E-state index contributed by atoms with van der Waals surface area (Å²) in [4.78, 5) is 95.4. The molecule has 0 aromatic carbocycles. The van der Waals surface area contributed by atoms with Crippen molar-refractivity contribution in [2.24, 2.45) is 45.9 Å². The summed E-state index contributed by atoms with van der Waals surface area (Å²) < 4.78 is 20.4. The minimum atomic E-state index is -6.73. The Kier molecular flexibility index (Phi) is 16.4. The fourth-order valence-corrected chi connectivity index (χ4v) is 7.84. The summed E-state index contributed by atoms with van der Waals surface area (Å²) in [6, 6.07) is -6.54. The quantitative estimate of drug-likeness (QED) is 0.0548. The number of rotatable bonds is 20. The Morgan fingerprint density at radius 3 is 0.732 bits per heavy atom. The SMILES string of the molecule is NC(=O)CC[C@H](N)C(=O)[O][Sn]([O]C(=O)[C@@H](N)CCC(N)=O)([O]C(=O)[C@@H](N)CCC(N)=O)[O]C(=O)[C@@H](N)CCC(N)=O. The second-order valence-electron chi connectivity index (χ2n) is 8.63. The molecule has 41 heavy (non-hydrogen) atoms. The molecule has 21 heteroatoms. The van der Waals surface area contributed by atoms with Gasteiger partial charge in [-0.05, 0) is 0 Å². The van der Waals surface area contributed by atoms with E-state index < -0.39 is 117 Å². The molecule has 16 N–H and O–H groups in total. The van der Waals surface area contributed by atoms with Crippen molar-refractivity contribution >= 4 is 67.5 Å². The van der Waals surface area contributed by atoms with Crippen LogP contribution >= 0.6 is 0 Å². The van der Waals surface area contributed by atoms with E-state index in [0.29, 0.717) is 0 Å². The third-order valence-corrected chi connectivity index (χ3v) is 10.1. The Hall–Kier alpha value is -3.60. The Bertz CT molecular complexity index is 855. The van der Waals surface area contributed by atoms with Crippen molar-refractivity contribution in [1.29, 1.82) is 0 Å². The van der Waals surface area contributed by atoms with E-state index in [4.69, 9.17) is 58.2 Å². The molecule has 0 aliphatic heterocycles. The summed E-state index contributed by atoms with van der Waals surface area (Å²) >= 11 is -6.73. The van der Waals surface area contributed by atoms with Gasteiger partial charge in [0.05, 0.1) is 0 Å². The second-order valence-corrected chi connectivity index (χ2v) is 13.8. The number of hydrogen-bond acceptors (Lipinski definition) is 16. The third-order valence-electron chi connectivity index (χ3n) is 4.92. The van der Waals surface area contributed by atoms with Gasteiger partial charge in [-0.15, -0.1) is 0 Å². The molecule has 0 fully saturated rings. The fourth-order valence-electron chi connectivity index (χ4n) is 2.58. The summed E-state index contributed by atoms with van der Waals surface area (Å²) in [7, 11) is 0. The number of amides is 4. The van der Waals surface area contributed by atoms with Gasteiger partial charge in [0.2, 0.25) is 0 Å². The van der Waals surface area contributed by atoms with Crippen LogP contribution in [0.4, 0.5) is 0 Å². The van der Waals surface area contributed by atoms with Gasteiger partial charge < -0.3 is 0 Å². The number of nitrogens with two attached hydrogens (primary N) is 8. The first-order valence-electron chi connectivity index (χ1n) is 12.0. The first kappa shape index (κ1) is 37.4. The van der Waals surface area contributed by atoms with Crippen molar-refractivity contribution in [3.63, 3.8) is 0 Å². The van der Waals surface area contributed by atoms with E-state index in [0.717, 1.165) is 0 Å². The van der Waals surface area contributed by atoms with Crippen molar-refractivity contribution in [2.45, 2.75) is 75.5 Å². The van der Waals surface area contributed by atoms with E-state index in [1.54, 1.807) is 0 Å². The van der Waals surface area contributed by atoms with Crippen LogP contribution in [-0.4, -0.2) is 91.7 Å². The van der Waals surface area contributed by atoms with Crippen LogP contribution < -0.4 is 45.9 Å². The van der Waals surface area contributed by atoms with Crippen molar-refractivity contribution in [2.75, 3.05) is 0 Å². The van der Waals surface area contributed by atoms with Crippen molar-refractivity contribution in [1.82, 2.24) is 0 Å². The molecule has 0 radical (unpaired) electrons. The van der Waals surface area contributed by atoms with Crippen molar-refractivity contribution in [3.8, 4) is 0 Å². The second kappa shape index (κ2) is 18.0. The zero-order valence-electron chi connectivity index (χ0n) is 22.0. The Morgan fingerprint density at radius 1 is 0.415 bits per heavy atom. The maximum absolute atomic E-state index is 12.8. The van der Waals surface area contributed by atoms with Gasteiger partial charge in [-0.2, -0.15) is 0 Å². The average Bonchev–Trinajstić information content (AvgIpc) is 2.86.